The first kappa shape index (κ1) is 11.7. The van der Waals surface area contributed by atoms with Crippen molar-refractivity contribution in [1.82, 2.24) is 10.1 Å². The third-order valence-electron chi connectivity index (χ3n) is 3.27. The Labute approximate surface area is 109 Å². The molecular weight excluding hydrogens is 246 g/mol. The van der Waals surface area contributed by atoms with E-state index in [1.165, 1.54) is 6.33 Å². The summed E-state index contributed by atoms with van der Waals surface area (Å²) in [5.74, 6) is -0.327. The predicted molar refractivity (Wildman–Crippen MR) is 67.1 cm³/mol. The second-order valence-corrected chi connectivity index (χ2v) is 4.51. The zero-order valence-electron chi connectivity index (χ0n) is 10.2. The van der Waals surface area contributed by atoms with E-state index in [0.717, 1.165) is 30.6 Å². The molecule has 2 heterocycles. The smallest absolute Gasteiger partial charge is 0.335 e. The van der Waals surface area contributed by atoms with E-state index in [0.29, 0.717) is 18.0 Å². The zero-order chi connectivity index (χ0) is 13.2. The lowest BCUT2D eigenvalue weighted by Gasteiger charge is -2.30. The van der Waals surface area contributed by atoms with E-state index in [4.69, 9.17) is 9.63 Å². The highest BCUT2D eigenvalue weighted by atomic mass is 16.5. The number of rotatable bonds is 3. The number of anilines is 1. The Balaban J connectivity index is 1.89. The Bertz CT molecular complexity index is 595. The van der Waals surface area contributed by atoms with Gasteiger partial charge in [0.15, 0.2) is 6.33 Å². The molecule has 0 saturated carbocycles. The topological polar surface area (TPSA) is 79.5 Å². The summed E-state index contributed by atoms with van der Waals surface area (Å²) in [4.78, 5) is 17.1. The van der Waals surface area contributed by atoms with Crippen LogP contribution in [0.2, 0.25) is 0 Å². The van der Waals surface area contributed by atoms with E-state index < -0.39 is 5.97 Å². The first-order valence-corrected chi connectivity index (χ1v) is 6.11. The fourth-order valence-electron chi connectivity index (χ4n) is 2.40. The van der Waals surface area contributed by atoms with Crippen molar-refractivity contribution in [1.29, 1.82) is 0 Å². The Morgan fingerprint density at radius 3 is 3.11 bits per heavy atom. The van der Waals surface area contributed by atoms with Gasteiger partial charge < -0.3 is 14.5 Å². The third-order valence-corrected chi connectivity index (χ3v) is 3.27. The number of aromatic carboxylic acids is 1. The maximum absolute atomic E-state index is 11.0. The van der Waals surface area contributed by atoms with Crippen molar-refractivity contribution in [3.63, 3.8) is 0 Å². The van der Waals surface area contributed by atoms with Gasteiger partial charge in [0, 0.05) is 12.2 Å². The van der Waals surface area contributed by atoms with Crippen LogP contribution in [0.5, 0.6) is 0 Å². The van der Waals surface area contributed by atoms with Gasteiger partial charge in [0.25, 0.3) is 0 Å². The van der Waals surface area contributed by atoms with Gasteiger partial charge in [-0.25, -0.2) is 4.79 Å². The summed E-state index contributed by atoms with van der Waals surface area (Å²) in [5, 5.41) is 12.6. The monoisotopic (exact) mass is 259 g/mol. The molecule has 0 radical (unpaired) electrons. The lowest BCUT2D eigenvalue weighted by molar-refractivity contribution is 0.0696. The largest absolute Gasteiger partial charge is 0.478 e. The molecule has 1 aromatic heterocycles. The number of carbonyl (C=O) groups is 1. The molecule has 0 unspecified atom stereocenters. The van der Waals surface area contributed by atoms with Crippen LogP contribution in [0.4, 0.5) is 5.69 Å². The van der Waals surface area contributed by atoms with Gasteiger partial charge in [-0.05, 0) is 36.6 Å². The second kappa shape index (κ2) is 4.72. The highest BCUT2D eigenvalue weighted by Crippen LogP contribution is 2.29. The molecule has 1 aliphatic rings. The van der Waals surface area contributed by atoms with Gasteiger partial charge in [0.05, 0.1) is 12.1 Å². The third kappa shape index (κ3) is 2.29. The van der Waals surface area contributed by atoms with Crippen molar-refractivity contribution in [3.8, 4) is 0 Å². The van der Waals surface area contributed by atoms with Crippen LogP contribution < -0.4 is 4.90 Å². The van der Waals surface area contributed by atoms with Crippen LogP contribution in [-0.4, -0.2) is 27.8 Å². The zero-order valence-corrected chi connectivity index (χ0v) is 10.2. The number of nitrogens with zero attached hydrogens (tertiary/aromatic N) is 3. The van der Waals surface area contributed by atoms with Crippen LogP contribution in [0, 0.1) is 0 Å². The fourth-order valence-corrected chi connectivity index (χ4v) is 2.40. The summed E-state index contributed by atoms with van der Waals surface area (Å²) >= 11 is 0. The van der Waals surface area contributed by atoms with Crippen molar-refractivity contribution in [2.24, 2.45) is 0 Å². The number of hydrogen-bond acceptors (Lipinski definition) is 5. The number of aromatic nitrogens is 2. The van der Waals surface area contributed by atoms with Gasteiger partial charge in [-0.1, -0.05) is 5.16 Å². The van der Waals surface area contributed by atoms with Crippen LogP contribution in [0.1, 0.15) is 28.2 Å². The molecule has 0 bridgehead atoms. The van der Waals surface area contributed by atoms with Crippen LogP contribution in [0.25, 0.3) is 0 Å². The summed E-state index contributed by atoms with van der Waals surface area (Å²) < 4.78 is 5.02. The maximum Gasteiger partial charge on any atom is 0.335 e. The SMILES string of the molecule is O=C(O)c1ccc2c(c1)CCCN2Cc1ncno1. The highest BCUT2D eigenvalue weighted by Gasteiger charge is 2.19. The quantitative estimate of drug-likeness (QED) is 0.904. The Morgan fingerprint density at radius 1 is 1.47 bits per heavy atom. The van der Waals surface area contributed by atoms with Gasteiger partial charge in [-0.3, -0.25) is 0 Å². The van der Waals surface area contributed by atoms with Crippen LogP contribution in [0.15, 0.2) is 29.0 Å². The number of fused-ring (bicyclic) bond motifs is 1. The lowest BCUT2D eigenvalue weighted by atomic mass is 9.99. The molecule has 2 aromatic rings. The van der Waals surface area contributed by atoms with Crippen molar-refractivity contribution < 1.29 is 14.4 Å². The summed E-state index contributed by atoms with van der Waals surface area (Å²) in [5.41, 5.74) is 2.44. The average molecular weight is 259 g/mol. The number of benzene rings is 1. The molecule has 0 aliphatic carbocycles. The normalized spacial score (nSPS) is 14.2. The number of aryl methyl sites for hydroxylation is 1. The Hall–Kier alpha value is -2.37. The molecular formula is C13H13N3O3. The molecule has 0 atom stereocenters. The minimum Gasteiger partial charge on any atom is -0.478 e. The van der Waals surface area contributed by atoms with Crippen molar-refractivity contribution in [2.75, 3.05) is 11.4 Å². The number of carboxylic acid groups (broad SMARTS) is 1. The molecule has 0 amide bonds. The van der Waals surface area contributed by atoms with Crippen molar-refractivity contribution in [3.05, 3.63) is 41.5 Å². The minimum atomic E-state index is -0.892. The van der Waals surface area contributed by atoms with Gasteiger partial charge >= 0.3 is 5.97 Å². The summed E-state index contributed by atoms with van der Waals surface area (Å²) in [6.07, 6.45) is 3.27. The highest BCUT2D eigenvalue weighted by molar-refractivity contribution is 5.88. The molecule has 1 aliphatic heterocycles. The molecule has 0 fully saturated rings. The molecule has 0 saturated heterocycles. The van der Waals surface area contributed by atoms with E-state index in [1.54, 1.807) is 12.1 Å². The summed E-state index contributed by atoms with van der Waals surface area (Å²) in [6, 6.07) is 5.24. The van der Waals surface area contributed by atoms with Crippen LogP contribution in [-0.2, 0) is 13.0 Å². The molecule has 1 N–H and O–H groups in total. The van der Waals surface area contributed by atoms with Crippen molar-refractivity contribution >= 4 is 11.7 Å². The van der Waals surface area contributed by atoms with Gasteiger partial charge in [0.1, 0.15) is 0 Å². The minimum absolute atomic E-state index is 0.332. The molecule has 19 heavy (non-hydrogen) atoms. The van der Waals surface area contributed by atoms with E-state index in [9.17, 15) is 4.79 Å². The predicted octanol–water partition coefficient (Wildman–Crippen LogP) is 1.72. The van der Waals surface area contributed by atoms with Crippen LogP contribution >= 0.6 is 0 Å². The first-order valence-electron chi connectivity index (χ1n) is 6.11. The number of hydrogen-bond donors (Lipinski definition) is 1. The van der Waals surface area contributed by atoms with Crippen LogP contribution in [0.3, 0.4) is 0 Å². The second-order valence-electron chi connectivity index (χ2n) is 4.51. The molecule has 1 aromatic carbocycles. The van der Waals surface area contributed by atoms with E-state index in [1.807, 2.05) is 6.07 Å². The first-order chi connectivity index (χ1) is 9.24. The maximum atomic E-state index is 11.0. The molecule has 0 spiro atoms. The molecule has 3 rings (SSSR count). The lowest BCUT2D eigenvalue weighted by Crippen LogP contribution is -2.29. The molecule has 6 nitrogen and oxygen atoms in total. The Kier molecular flexibility index (Phi) is 2.91. The van der Waals surface area contributed by atoms with E-state index in [-0.39, 0.29) is 0 Å². The van der Waals surface area contributed by atoms with Gasteiger partial charge in [-0.2, -0.15) is 4.98 Å². The molecule has 6 heteroatoms. The Morgan fingerprint density at radius 2 is 2.37 bits per heavy atom. The summed E-state index contributed by atoms with van der Waals surface area (Å²) in [6.45, 7) is 1.46. The van der Waals surface area contributed by atoms with E-state index in [2.05, 4.69) is 15.0 Å². The van der Waals surface area contributed by atoms with Crippen molar-refractivity contribution in [2.45, 2.75) is 19.4 Å². The summed E-state index contributed by atoms with van der Waals surface area (Å²) in [7, 11) is 0. The average Bonchev–Trinajstić information content (AvgIpc) is 2.91. The van der Waals surface area contributed by atoms with Gasteiger partial charge in [-0.15, -0.1) is 0 Å². The van der Waals surface area contributed by atoms with Gasteiger partial charge in [0.2, 0.25) is 5.89 Å². The molecule has 98 valence electrons. The fraction of sp³-hybridized carbons (Fsp3) is 0.308. The standard InChI is InChI=1S/C13H13N3O3/c17-13(18)10-3-4-11-9(6-10)2-1-5-16(11)7-12-14-8-15-19-12/h3-4,6,8H,1-2,5,7H2,(H,17,18). The number of carboxylic acids is 1. The van der Waals surface area contributed by atoms with E-state index >= 15 is 0 Å².